The average Bonchev–Trinajstić information content (AvgIpc) is 3.21. The molecule has 0 spiro atoms. The Bertz CT molecular complexity index is 526. The van der Waals surface area contributed by atoms with Crippen LogP contribution in [0.5, 0.6) is 0 Å². The highest BCUT2D eigenvalue weighted by Gasteiger charge is 2.29. The number of nitrogens with one attached hydrogen (secondary N) is 2. The van der Waals surface area contributed by atoms with Crippen LogP contribution in [0.15, 0.2) is 6.07 Å². The molecule has 1 aliphatic heterocycles. The Morgan fingerprint density at radius 3 is 2.53 bits per heavy atom. The lowest BCUT2D eigenvalue weighted by Crippen LogP contribution is -2.51. The number of hydrogen-bond acceptors (Lipinski definition) is 7. The molecule has 2 aliphatic rings. The first-order valence-electron chi connectivity index (χ1n) is 6.09. The minimum atomic E-state index is -0.329. The van der Waals surface area contributed by atoms with Crippen molar-refractivity contribution in [3.05, 3.63) is 11.9 Å². The van der Waals surface area contributed by atoms with E-state index in [9.17, 15) is 9.59 Å². The van der Waals surface area contributed by atoms with Crippen LogP contribution in [0.4, 0.5) is 11.6 Å². The second kappa shape index (κ2) is 4.47. The molecule has 1 aliphatic carbocycles. The lowest BCUT2D eigenvalue weighted by atomic mass is 10.3. The minimum absolute atomic E-state index is 0.108. The zero-order valence-electron chi connectivity index (χ0n) is 10.2. The average molecular weight is 262 g/mol. The summed E-state index contributed by atoms with van der Waals surface area (Å²) in [6.07, 6.45) is 2.12. The predicted molar refractivity (Wildman–Crippen MR) is 67.2 cm³/mol. The topological polar surface area (TPSA) is 113 Å². The van der Waals surface area contributed by atoms with E-state index < -0.39 is 0 Å². The fourth-order valence-electron chi connectivity index (χ4n) is 2.01. The Labute approximate surface area is 109 Å². The molecule has 0 unspecified atom stereocenters. The molecule has 19 heavy (non-hydrogen) atoms. The number of nitrogen functional groups attached to an aromatic ring is 1. The molecule has 8 heteroatoms. The van der Waals surface area contributed by atoms with E-state index >= 15 is 0 Å². The number of piperazine rings is 1. The van der Waals surface area contributed by atoms with E-state index in [4.69, 9.17) is 5.84 Å². The summed E-state index contributed by atoms with van der Waals surface area (Å²) in [6.45, 7) is 0.216. The number of rotatable bonds is 3. The van der Waals surface area contributed by atoms with Crippen molar-refractivity contribution < 1.29 is 9.59 Å². The van der Waals surface area contributed by atoms with E-state index in [1.807, 2.05) is 0 Å². The number of nitrogens with zero attached hydrogens (tertiary/aromatic N) is 3. The number of aromatic nitrogens is 2. The number of carbonyl (C=O) groups excluding carboxylic acids is 2. The summed E-state index contributed by atoms with van der Waals surface area (Å²) in [7, 11) is 0. The summed E-state index contributed by atoms with van der Waals surface area (Å²) in [5, 5.41) is 2.25. The van der Waals surface area contributed by atoms with Crippen molar-refractivity contribution in [2.45, 2.75) is 18.8 Å². The Morgan fingerprint density at radius 2 is 1.95 bits per heavy atom. The first-order valence-corrected chi connectivity index (χ1v) is 6.09. The first-order chi connectivity index (χ1) is 9.15. The lowest BCUT2D eigenvalue weighted by molar-refractivity contribution is -0.130. The van der Waals surface area contributed by atoms with Gasteiger partial charge in [-0.3, -0.25) is 14.9 Å². The normalized spacial score (nSPS) is 19.3. The Kier molecular flexibility index (Phi) is 2.79. The fraction of sp³-hybridized carbons (Fsp3) is 0.455. The third-order valence-electron chi connectivity index (χ3n) is 3.09. The highest BCUT2D eigenvalue weighted by molar-refractivity contribution is 6.02. The molecule has 1 saturated heterocycles. The summed E-state index contributed by atoms with van der Waals surface area (Å²) in [4.78, 5) is 33.1. The Balaban J connectivity index is 1.92. The minimum Gasteiger partial charge on any atom is -0.338 e. The molecule has 3 rings (SSSR count). The summed E-state index contributed by atoms with van der Waals surface area (Å²) in [5.74, 6) is 6.84. The van der Waals surface area contributed by atoms with Crippen LogP contribution in [-0.2, 0) is 9.59 Å². The van der Waals surface area contributed by atoms with Crippen LogP contribution >= 0.6 is 0 Å². The van der Waals surface area contributed by atoms with Crippen molar-refractivity contribution in [2.75, 3.05) is 23.4 Å². The molecule has 0 radical (unpaired) electrons. The van der Waals surface area contributed by atoms with Gasteiger partial charge in [0.15, 0.2) is 0 Å². The van der Waals surface area contributed by atoms with Crippen LogP contribution in [0.3, 0.4) is 0 Å². The van der Waals surface area contributed by atoms with Crippen molar-refractivity contribution in [1.82, 2.24) is 15.3 Å². The van der Waals surface area contributed by atoms with Crippen LogP contribution in [0.1, 0.15) is 24.6 Å². The molecule has 2 heterocycles. The van der Waals surface area contributed by atoms with Gasteiger partial charge >= 0.3 is 0 Å². The number of anilines is 2. The maximum absolute atomic E-state index is 11.4. The van der Waals surface area contributed by atoms with E-state index in [-0.39, 0.29) is 24.9 Å². The van der Waals surface area contributed by atoms with Gasteiger partial charge in [-0.05, 0) is 12.8 Å². The maximum atomic E-state index is 11.4. The number of hydrogen-bond donors (Lipinski definition) is 3. The third kappa shape index (κ3) is 2.48. The van der Waals surface area contributed by atoms with E-state index in [1.165, 1.54) is 0 Å². The second-order valence-corrected chi connectivity index (χ2v) is 4.72. The van der Waals surface area contributed by atoms with Crippen LogP contribution in [-0.4, -0.2) is 34.9 Å². The molecule has 2 amide bonds. The van der Waals surface area contributed by atoms with Gasteiger partial charge in [0.2, 0.25) is 11.8 Å². The zero-order valence-corrected chi connectivity index (χ0v) is 10.2. The van der Waals surface area contributed by atoms with Crippen LogP contribution in [0.2, 0.25) is 0 Å². The van der Waals surface area contributed by atoms with Gasteiger partial charge in [-0.1, -0.05) is 0 Å². The molecular weight excluding hydrogens is 248 g/mol. The first kappa shape index (κ1) is 11.8. The molecule has 1 aromatic heterocycles. The fourth-order valence-corrected chi connectivity index (χ4v) is 2.01. The van der Waals surface area contributed by atoms with E-state index in [2.05, 4.69) is 20.7 Å². The number of amides is 2. The molecule has 8 nitrogen and oxygen atoms in total. The SMILES string of the molecule is NNc1cc(N2CC(=O)NC(=O)C2)nc(C2CC2)n1. The summed E-state index contributed by atoms with van der Waals surface area (Å²) in [5.41, 5.74) is 2.49. The second-order valence-electron chi connectivity index (χ2n) is 4.72. The molecule has 0 atom stereocenters. The van der Waals surface area contributed by atoms with Crippen molar-refractivity contribution >= 4 is 23.5 Å². The summed E-state index contributed by atoms with van der Waals surface area (Å²) >= 11 is 0. The van der Waals surface area contributed by atoms with Gasteiger partial charge in [0.05, 0.1) is 13.1 Å². The van der Waals surface area contributed by atoms with Gasteiger partial charge in [0.1, 0.15) is 17.5 Å². The van der Waals surface area contributed by atoms with E-state index in [1.54, 1.807) is 11.0 Å². The highest BCUT2D eigenvalue weighted by Crippen LogP contribution is 2.39. The number of hydrazine groups is 1. The van der Waals surface area contributed by atoms with Gasteiger partial charge < -0.3 is 10.3 Å². The Morgan fingerprint density at radius 1 is 1.26 bits per heavy atom. The smallest absolute Gasteiger partial charge is 0.246 e. The number of imide groups is 1. The van der Waals surface area contributed by atoms with Gasteiger partial charge in [0.25, 0.3) is 0 Å². The molecule has 1 saturated carbocycles. The molecule has 100 valence electrons. The van der Waals surface area contributed by atoms with Crippen LogP contribution < -0.4 is 21.5 Å². The zero-order chi connectivity index (χ0) is 13.4. The van der Waals surface area contributed by atoms with Crippen molar-refractivity contribution in [1.29, 1.82) is 0 Å². The van der Waals surface area contributed by atoms with Gasteiger partial charge in [-0.25, -0.2) is 15.8 Å². The predicted octanol–water partition coefficient (Wildman–Crippen LogP) is -0.898. The van der Waals surface area contributed by atoms with Crippen LogP contribution in [0, 0.1) is 0 Å². The quantitative estimate of drug-likeness (QED) is 0.367. The van der Waals surface area contributed by atoms with Crippen molar-refractivity contribution in [3.8, 4) is 0 Å². The molecule has 0 bridgehead atoms. The van der Waals surface area contributed by atoms with Gasteiger partial charge in [0, 0.05) is 12.0 Å². The maximum Gasteiger partial charge on any atom is 0.246 e. The van der Waals surface area contributed by atoms with Gasteiger partial charge in [-0.15, -0.1) is 0 Å². The van der Waals surface area contributed by atoms with Crippen molar-refractivity contribution in [2.24, 2.45) is 5.84 Å². The van der Waals surface area contributed by atoms with Gasteiger partial charge in [-0.2, -0.15) is 0 Å². The lowest BCUT2D eigenvalue weighted by Gasteiger charge is -2.26. The molecule has 1 aromatic rings. The van der Waals surface area contributed by atoms with E-state index in [0.717, 1.165) is 12.8 Å². The largest absolute Gasteiger partial charge is 0.338 e. The number of carbonyl (C=O) groups is 2. The molecule has 2 fully saturated rings. The number of nitrogens with two attached hydrogens (primary N) is 1. The third-order valence-corrected chi connectivity index (χ3v) is 3.09. The molecule has 0 aromatic carbocycles. The summed E-state index contributed by atoms with van der Waals surface area (Å²) < 4.78 is 0. The monoisotopic (exact) mass is 262 g/mol. The molecule has 4 N–H and O–H groups in total. The molecular formula is C11H14N6O2. The summed E-state index contributed by atoms with van der Waals surface area (Å²) in [6, 6.07) is 1.64. The van der Waals surface area contributed by atoms with E-state index in [0.29, 0.717) is 23.4 Å². The van der Waals surface area contributed by atoms with Crippen LogP contribution in [0.25, 0.3) is 0 Å². The van der Waals surface area contributed by atoms with Crippen molar-refractivity contribution in [3.63, 3.8) is 0 Å². The Hall–Kier alpha value is -2.22. The standard InChI is InChI=1S/C11H14N6O2/c12-16-7-3-8(14-11(13-7)6-1-2-6)17-4-9(18)15-10(19)5-17/h3,6H,1-2,4-5,12H2,(H,13,14,16)(H,15,18,19). The highest BCUT2D eigenvalue weighted by atomic mass is 16.2.